The lowest BCUT2D eigenvalue weighted by atomic mass is 10.0. The van der Waals surface area contributed by atoms with E-state index in [1.807, 2.05) is 0 Å². The van der Waals surface area contributed by atoms with Crippen LogP contribution >= 0.6 is 0 Å². The van der Waals surface area contributed by atoms with Gasteiger partial charge in [0, 0.05) is 6.92 Å². The maximum absolute atomic E-state index is 11.1. The number of β-lactam (4-membered cyclic amide) rings is 1. The number of nitrogens with zero attached hydrogens (tertiary/aromatic N) is 1. The van der Waals surface area contributed by atoms with Crippen molar-refractivity contribution in [3.05, 3.63) is 0 Å². The standard InChI is InChI=1S/C6H10N2O5S/c1-3-5(7-4(2)9)6(10)8(3)14(11,12)13/h3,5H,1-2H3,(H,7,9)(H,11,12,13)/t3-,5+/m1/s1. The SMILES string of the molecule is CC(=O)N[C@@H]1C(=O)N(S(=O)(=O)O)[C@@H]1C. The molecule has 0 radical (unpaired) electrons. The Bertz CT molecular complexity index is 376. The molecule has 0 bridgehead atoms. The van der Waals surface area contributed by atoms with Gasteiger partial charge in [0.05, 0.1) is 6.04 Å². The fourth-order valence-corrected chi connectivity index (χ4v) is 2.21. The van der Waals surface area contributed by atoms with Crippen molar-refractivity contribution in [2.75, 3.05) is 0 Å². The fourth-order valence-electron chi connectivity index (χ4n) is 1.32. The minimum atomic E-state index is -4.50. The quantitative estimate of drug-likeness (QED) is 0.438. The van der Waals surface area contributed by atoms with Crippen LogP contribution in [0.25, 0.3) is 0 Å². The zero-order chi connectivity index (χ0) is 11.1. The van der Waals surface area contributed by atoms with Crippen molar-refractivity contribution in [1.29, 1.82) is 0 Å². The molecule has 2 amide bonds. The first-order valence-corrected chi connectivity index (χ1v) is 5.22. The summed E-state index contributed by atoms with van der Waals surface area (Å²) in [4.78, 5) is 21.7. The second-order valence-corrected chi connectivity index (χ2v) is 4.32. The lowest BCUT2D eigenvalue weighted by molar-refractivity contribution is -0.144. The van der Waals surface area contributed by atoms with E-state index in [9.17, 15) is 18.0 Å². The van der Waals surface area contributed by atoms with E-state index in [0.717, 1.165) is 0 Å². The first-order chi connectivity index (χ1) is 6.25. The smallest absolute Gasteiger partial charge is 0.343 e. The highest BCUT2D eigenvalue weighted by Crippen LogP contribution is 2.22. The summed E-state index contributed by atoms with van der Waals surface area (Å²) in [7, 11) is -4.50. The second kappa shape index (κ2) is 3.21. The Morgan fingerprint density at radius 1 is 1.57 bits per heavy atom. The second-order valence-electron chi connectivity index (χ2n) is 3.03. The van der Waals surface area contributed by atoms with Gasteiger partial charge in [0.15, 0.2) is 0 Å². The molecule has 1 aliphatic rings. The Morgan fingerprint density at radius 3 is 2.36 bits per heavy atom. The van der Waals surface area contributed by atoms with Gasteiger partial charge in [-0.1, -0.05) is 0 Å². The molecule has 2 atom stereocenters. The summed E-state index contributed by atoms with van der Waals surface area (Å²) in [5.74, 6) is -1.25. The number of hydrogen-bond donors (Lipinski definition) is 2. The van der Waals surface area contributed by atoms with E-state index in [2.05, 4.69) is 5.32 Å². The summed E-state index contributed by atoms with van der Waals surface area (Å²) in [6.07, 6.45) is 0. The fraction of sp³-hybridized carbons (Fsp3) is 0.667. The normalized spacial score (nSPS) is 27.1. The van der Waals surface area contributed by atoms with Crippen molar-refractivity contribution in [1.82, 2.24) is 9.62 Å². The molecule has 7 nitrogen and oxygen atoms in total. The summed E-state index contributed by atoms with van der Waals surface area (Å²) in [5.41, 5.74) is 0. The molecule has 1 saturated heterocycles. The molecule has 80 valence electrons. The third-order valence-electron chi connectivity index (χ3n) is 1.94. The van der Waals surface area contributed by atoms with Crippen LogP contribution in [0.4, 0.5) is 0 Å². The monoisotopic (exact) mass is 222 g/mol. The highest BCUT2D eigenvalue weighted by Gasteiger charge is 2.50. The number of amides is 2. The number of carbonyl (C=O) groups excluding carboxylic acids is 2. The number of carbonyl (C=O) groups is 2. The van der Waals surface area contributed by atoms with Gasteiger partial charge >= 0.3 is 10.3 Å². The first kappa shape index (κ1) is 10.9. The molecule has 14 heavy (non-hydrogen) atoms. The van der Waals surface area contributed by atoms with Crippen molar-refractivity contribution < 1.29 is 22.6 Å². The highest BCUT2D eigenvalue weighted by atomic mass is 32.2. The van der Waals surface area contributed by atoms with Gasteiger partial charge < -0.3 is 5.32 Å². The molecule has 1 rings (SSSR count). The maximum atomic E-state index is 11.1. The molecule has 0 aromatic heterocycles. The van der Waals surface area contributed by atoms with E-state index in [1.165, 1.54) is 13.8 Å². The van der Waals surface area contributed by atoms with Gasteiger partial charge in [0.1, 0.15) is 6.04 Å². The van der Waals surface area contributed by atoms with Gasteiger partial charge in [-0.15, -0.1) is 0 Å². The zero-order valence-corrected chi connectivity index (χ0v) is 8.41. The van der Waals surface area contributed by atoms with Crippen LogP contribution < -0.4 is 5.32 Å². The zero-order valence-electron chi connectivity index (χ0n) is 7.59. The van der Waals surface area contributed by atoms with Crippen molar-refractivity contribution in [3.8, 4) is 0 Å². The van der Waals surface area contributed by atoms with Crippen LogP contribution in [0.15, 0.2) is 0 Å². The molecule has 1 fully saturated rings. The van der Waals surface area contributed by atoms with Crippen molar-refractivity contribution in [3.63, 3.8) is 0 Å². The Balaban J connectivity index is 2.76. The maximum Gasteiger partial charge on any atom is 0.362 e. The molecule has 8 heteroatoms. The molecule has 1 aliphatic heterocycles. The summed E-state index contributed by atoms with van der Waals surface area (Å²) < 4.78 is 30.1. The Labute approximate surface area is 81.0 Å². The van der Waals surface area contributed by atoms with E-state index >= 15 is 0 Å². The van der Waals surface area contributed by atoms with Crippen LogP contribution in [0, 0.1) is 0 Å². The molecule has 0 aliphatic carbocycles. The Morgan fingerprint density at radius 2 is 2.07 bits per heavy atom. The van der Waals surface area contributed by atoms with Gasteiger partial charge in [-0.25, -0.2) is 4.31 Å². The van der Waals surface area contributed by atoms with Crippen LogP contribution in [0.5, 0.6) is 0 Å². The van der Waals surface area contributed by atoms with Gasteiger partial charge in [-0.2, -0.15) is 8.42 Å². The molecular formula is C6H10N2O5S. The third kappa shape index (κ3) is 1.70. The topological polar surface area (TPSA) is 104 Å². The number of rotatable bonds is 2. The molecule has 2 N–H and O–H groups in total. The minimum Gasteiger partial charge on any atom is -0.343 e. The number of nitrogens with one attached hydrogen (secondary N) is 1. The van der Waals surface area contributed by atoms with Crippen LogP contribution in [-0.4, -0.2) is 41.2 Å². The van der Waals surface area contributed by atoms with E-state index < -0.39 is 34.2 Å². The van der Waals surface area contributed by atoms with E-state index in [1.54, 1.807) is 0 Å². The van der Waals surface area contributed by atoms with Crippen molar-refractivity contribution in [2.45, 2.75) is 25.9 Å². The van der Waals surface area contributed by atoms with Crippen LogP contribution in [0.2, 0.25) is 0 Å². The van der Waals surface area contributed by atoms with E-state index in [-0.39, 0.29) is 0 Å². The summed E-state index contributed by atoms with van der Waals surface area (Å²) >= 11 is 0. The number of hydrogen-bond acceptors (Lipinski definition) is 4. The summed E-state index contributed by atoms with van der Waals surface area (Å²) in [5, 5.41) is 2.28. The molecular weight excluding hydrogens is 212 g/mol. The lowest BCUT2D eigenvalue weighted by Crippen LogP contribution is -2.70. The van der Waals surface area contributed by atoms with E-state index in [0.29, 0.717) is 4.31 Å². The third-order valence-corrected chi connectivity index (χ3v) is 2.95. The minimum absolute atomic E-state index is 0.327. The molecule has 0 saturated carbocycles. The largest absolute Gasteiger partial charge is 0.362 e. The van der Waals surface area contributed by atoms with Crippen LogP contribution in [-0.2, 0) is 19.9 Å². The van der Waals surface area contributed by atoms with Gasteiger partial charge in [-0.3, -0.25) is 14.1 Å². The summed E-state index contributed by atoms with van der Waals surface area (Å²) in [6.45, 7) is 2.63. The Kier molecular flexibility index (Phi) is 2.50. The van der Waals surface area contributed by atoms with E-state index in [4.69, 9.17) is 4.55 Å². The highest BCUT2D eigenvalue weighted by molar-refractivity contribution is 7.84. The predicted molar refractivity (Wildman–Crippen MR) is 45.5 cm³/mol. The summed E-state index contributed by atoms with van der Waals surface area (Å²) in [6, 6.07) is -1.61. The van der Waals surface area contributed by atoms with Gasteiger partial charge in [-0.05, 0) is 6.92 Å². The Hall–Kier alpha value is -1.15. The lowest BCUT2D eigenvalue weighted by Gasteiger charge is -2.41. The average molecular weight is 222 g/mol. The molecule has 1 heterocycles. The van der Waals surface area contributed by atoms with Crippen molar-refractivity contribution >= 4 is 22.1 Å². The van der Waals surface area contributed by atoms with Crippen molar-refractivity contribution in [2.24, 2.45) is 0 Å². The van der Waals surface area contributed by atoms with Crippen LogP contribution in [0.1, 0.15) is 13.8 Å². The molecule has 0 spiro atoms. The average Bonchev–Trinajstić information content (AvgIpc) is 1.98. The van der Waals surface area contributed by atoms with Gasteiger partial charge in [0.25, 0.3) is 5.91 Å². The first-order valence-electron chi connectivity index (χ1n) is 3.83. The van der Waals surface area contributed by atoms with Gasteiger partial charge in [0.2, 0.25) is 5.91 Å². The molecule has 0 aromatic rings. The predicted octanol–water partition coefficient (Wildman–Crippen LogP) is -1.48. The van der Waals surface area contributed by atoms with Crippen LogP contribution in [0.3, 0.4) is 0 Å². The molecule has 0 aromatic carbocycles. The molecule has 0 unspecified atom stereocenters.